The number of ether oxygens (including phenoxy) is 3. The molecule has 1 atom stereocenters. The molecule has 1 fully saturated rings. The van der Waals surface area contributed by atoms with Crippen LogP contribution in [0.3, 0.4) is 0 Å². The van der Waals surface area contributed by atoms with Crippen LogP contribution in [-0.2, 0) is 25.6 Å². The van der Waals surface area contributed by atoms with Gasteiger partial charge in [-0.2, -0.15) is 0 Å². The number of rotatable bonds is 7. The first-order valence-electron chi connectivity index (χ1n) is 12.6. The predicted molar refractivity (Wildman–Crippen MR) is 138 cm³/mol. The molecule has 1 heterocycles. The summed E-state index contributed by atoms with van der Waals surface area (Å²) >= 11 is 0. The molecular formula is C29H36N2O5. The van der Waals surface area contributed by atoms with Crippen molar-refractivity contribution in [2.45, 2.75) is 71.4 Å². The van der Waals surface area contributed by atoms with E-state index in [1.807, 2.05) is 70.2 Å². The minimum absolute atomic E-state index is 0.0870. The Balaban J connectivity index is 1.58. The summed E-state index contributed by atoms with van der Waals surface area (Å²) in [6.07, 6.45) is 4.36. The van der Waals surface area contributed by atoms with Crippen LogP contribution in [0.5, 0.6) is 5.75 Å². The SMILES string of the molecule is COc1ccccc1C1=NN(Cc2ccc(C(C(=O)OC(C)(C)C)C3CCCC3)c(C)c2)C(=O)CO1. The Morgan fingerprint density at radius 1 is 1.17 bits per heavy atom. The number of para-hydroxylation sites is 1. The van der Waals surface area contributed by atoms with Crippen molar-refractivity contribution in [1.82, 2.24) is 5.01 Å². The topological polar surface area (TPSA) is 77.4 Å². The van der Waals surface area contributed by atoms with Crippen molar-refractivity contribution in [3.63, 3.8) is 0 Å². The summed E-state index contributed by atoms with van der Waals surface area (Å²) in [6.45, 7) is 7.97. The molecule has 0 N–H and O–H groups in total. The average Bonchev–Trinajstić information content (AvgIpc) is 3.35. The largest absolute Gasteiger partial charge is 0.496 e. The Kier molecular flexibility index (Phi) is 7.67. The summed E-state index contributed by atoms with van der Waals surface area (Å²) in [5.41, 5.74) is 3.12. The molecule has 0 spiro atoms. The van der Waals surface area contributed by atoms with Gasteiger partial charge in [-0.25, -0.2) is 5.01 Å². The highest BCUT2D eigenvalue weighted by Crippen LogP contribution is 2.40. The zero-order valence-electron chi connectivity index (χ0n) is 21.9. The predicted octanol–water partition coefficient (Wildman–Crippen LogP) is 5.34. The highest BCUT2D eigenvalue weighted by molar-refractivity contribution is 6.00. The van der Waals surface area contributed by atoms with Crippen LogP contribution in [0.15, 0.2) is 47.6 Å². The summed E-state index contributed by atoms with van der Waals surface area (Å²) in [7, 11) is 1.59. The van der Waals surface area contributed by atoms with Crippen molar-refractivity contribution in [1.29, 1.82) is 0 Å². The molecule has 1 unspecified atom stereocenters. The lowest BCUT2D eigenvalue weighted by Gasteiger charge is -2.29. The second kappa shape index (κ2) is 10.7. The summed E-state index contributed by atoms with van der Waals surface area (Å²) < 4.78 is 16.9. The third kappa shape index (κ3) is 5.89. The van der Waals surface area contributed by atoms with Gasteiger partial charge in [0.1, 0.15) is 11.4 Å². The number of esters is 1. The molecule has 36 heavy (non-hydrogen) atoms. The zero-order valence-corrected chi connectivity index (χ0v) is 21.9. The van der Waals surface area contributed by atoms with E-state index in [2.05, 4.69) is 5.10 Å². The van der Waals surface area contributed by atoms with Gasteiger partial charge < -0.3 is 14.2 Å². The molecular weight excluding hydrogens is 456 g/mol. The van der Waals surface area contributed by atoms with E-state index >= 15 is 0 Å². The second-order valence-electron chi connectivity index (χ2n) is 10.6. The fraction of sp³-hybridized carbons (Fsp3) is 0.483. The van der Waals surface area contributed by atoms with Crippen LogP contribution < -0.4 is 4.74 Å². The molecule has 1 aliphatic carbocycles. The first-order valence-corrected chi connectivity index (χ1v) is 12.6. The Bertz CT molecular complexity index is 1140. The fourth-order valence-electron chi connectivity index (χ4n) is 5.06. The van der Waals surface area contributed by atoms with Crippen molar-refractivity contribution in [2.75, 3.05) is 13.7 Å². The van der Waals surface area contributed by atoms with E-state index in [9.17, 15) is 9.59 Å². The van der Waals surface area contributed by atoms with Crippen LogP contribution in [0.25, 0.3) is 0 Å². The van der Waals surface area contributed by atoms with Crippen molar-refractivity contribution in [2.24, 2.45) is 11.0 Å². The molecule has 2 aliphatic rings. The molecule has 4 rings (SSSR count). The molecule has 0 radical (unpaired) electrons. The molecule has 2 aromatic carbocycles. The van der Waals surface area contributed by atoms with Gasteiger partial charge in [0.2, 0.25) is 5.90 Å². The minimum atomic E-state index is -0.532. The molecule has 192 valence electrons. The first-order chi connectivity index (χ1) is 17.2. The standard InChI is InChI=1S/C29H36N2O5/c1-19-16-20(14-15-22(19)26(21-10-6-7-11-21)28(33)36-29(2,3)4)17-31-25(32)18-35-27(30-31)23-12-8-9-13-24(23)34-5/h8-9,12-16,21,26H,6-7,10-11,17-18H2,1-5H3. The molecule has 1 aliphatic heterocycles. The van der Waals surface area contributed by atoms with Crippen LogP contribution in [0.2, 0.25) is 0 Å². The van der Waals surface area contributed by atoms with E-state index in [1.165, 1.54) is 5.01 Å². The maximum Gasteiger partial charge on any atom is 0.314 e. The van der Waals surface area contributed by atoms with Crippen molar-refractivity contribution in [3.8, 4) is 5.75 Å². The lowest BCUT2D eigenvalue weighted by atomic mass is 9.82. The number of methoxy groups -OCH3 is 1. The second-order valence-corrected chi connectivity index (χ2v) is 10.6. The third-order valence-corrected chi connectivity index (χ3v) is 6.70. The number of carbonyl (C=O) groups is 2. The average molecular weight is 493 g/mol. The quantitative estimate of drug-likeness (QED) is 0.488. The normalized spacial score (nSPS) is 17.4. The number of hydrogen-bond donors (Lipinski definition) is 0. The summed E-state index contributed by atoms with van der Waals surface area (Å²) in [5.74, 6) is 0.629. The number of hydrazone groups is 1. The van der Waals surface area contributed by atoms with E-state index in [4.69, 9.17) is 14.2 Å². The van der Waals surface area contributed by atoms with Gasteiger partial charge in [0.25, 0.3) is 5.91 Å². The maximum absolute atomic E-state index is 13.2. The van der Waals surface area contributed by atoms with Crippen molar-refractivity contribution < 1.29 is 23.8 Å². The van der Waals surface area contributed by atoms with Crippen LogP contribution in [0.4, 0.5) is 0 Å². The molecule has 0 saturated heterocycles. The van der Waals surface area contributed by atoms with Crippen LogP contribution in [0.1, 0.15) is 74.6 Å². The summed E-state index contributed by atoms with van der Waals surface area (Å²) in [6, 6.07) is 13.5. The number of aryl methyl sites for hydroxylation is 1. The van der Waals surface area contributed by atoms with Gasteiger partial charge in [-0.15, -0.1) is 5.10 Å². The molecule has 0 aromatic heterocycles. The number of amides is 1. The monoisotopic (exact) mass is 492 g/mol. The van der Waals surface area contributed by atoms with Gasteiger partial charge in [0.15, 0.2) is 6.61 Å². The minimum Gasteiger partial charge on any atom is -0.496 e. The number of hydrogen-bond acceptors (Lipinski definition) is 6. The van der Waals surface area contributed by atoms with E-state index in [-0.39, 0.29) is 24.4 Å². The molecule has 1 saturated carbocycles. The van der Waals surface area contributed by atoms with Gasteiger partial charge in [-0.05, 0) is 75.3 Å². The van der Waals surface area contributed by atoms with Crippen LogP contribution >= 0.6 is 0 Å². The third-order valence-electron chi connectivity index (χ3n) is 6.70. The molecule has 1 amide bonds. The summed E-state index contributed by atoms with van der Waals surface area (Å²) in [4.78, 5) is 25.8. The van der Waals surface area contributed by atoms with Crippen LogP contribution in [-0.4, -0.2) is 42.1 Å². The van der Waals surface area contributed by atoms with Gasteiger partial charge in [-0.1, -0.05) is 43.2 Å². The number of nitrogens with zero attached hydrogens (tertiary/aromatic N) is 2. The van der Waals surface area contributed by atoms with Gasteiger partial charge in [0, 0.05) is 0 Å². The van der Waals surface area contributed by atoms with Crippen LogP contribution in [0, 0.1) is 12.8 Å². The first kappa shape index (κ1) is 25.7. The lowest BCUT2D eigenvalue weighted by Crippen LogP contribution is -2.36. The molecule has 2 aromatic rings. The highest BCUT2D eigenvalue weighted by atomic mass is 16.6. The maximum atomic E-state index is 13.2. The number of carbonyl (C=O) groups excluding carboxylic acids is 2. The van der Waals surface area contributed by atoms with E-state index < -0.39 is 5.60 Å². The fourth-order valence-corrected chi connectivity index (χ4v) is 5.06. The Morgan fingerprint density at radius 2 is 1.89 bits per heavy atom. The van der Waals surface area contributed by atoms with Gasteiger partial charge >= 0.3 is 5.97 Å². The van der Waals surface area contributed by atoms with E-state index in [0.29, 0.717) is 29.7 Å². The lowest BCUT2D eigenvalue weighted by molar-refractivity contribution is -0.158. The molecule has 0 bridgehead atoms. The molecule has 7 heteroatoms. The molecule has 7 nitrogen and oxygen atoms in total. The Hall–Kier alpha value is -3.35. The van der Waals surface area contributed by atoms with Gasteiger partial charge in [0.05, 0.1) is 25.1 Å². The number of benzene rings is 2. The zero-order chi connectivity index (χ0) is 25.9. The van der Waals surface area contributed by atoms with E-state index in [1.54, 1.807) is 7.11 Å². The Morgan fingerprint density at radius 3 is 2.56 bits per heavy atom. The van der Waals surface area contributed by atoms with Crippen molar-refractivity contribution >= 4 is 17.8 Å². The smallest absolute Gasteiger partial charge is 0.314 e. The van der Waals surface area contributed by atoms with Gasteiger partial charge in [-0.3, -0.25) is 9.59 Å². The van der Waals surface area contributed by atoms with Crippen molar-refractivity contribution in [3.05, 3.63) is 64.7 Å². The van der Waals surface area contributed by atoms with E-state index in [0.717, 1.165) is 42.4 Å². The highest BCUT2D eigenvalue weighted by Gasteiger charge is 2.36. The Labute approximate surface area is 213 Å². The summed E-state index contributed by atoms with van der Waals surface area (Å²) in [5, 5.41) is 5.91.